The number of hydrogen-bond acceptors (Lipinski definition) is 4. The van der Waals surface area contributed by atoms with E-state index in [-0.39, 0.29) is 0 Å². The largest absolute Gasteiger partial charge is 0.467 e. The number of hydrogen-bond donors (Lipinski definition) is 2. The van der Waals surface area contributed by atoms with E-state index in [1.54, 1.807) is 6.26 Å². The molecule has 5 heteroatoms. The molecule has 0 saturated carbocycles. The van der Waals surface area contributed by atoms with Gasteiger partial charge in [-0.05, 0) is 49.1 Å². The van der Waals surface area contributed by atoms with E-state index < -0.39 is 0 Å². The molecule has 0 saturated heterocycles. The topological polar surface area (TPSA) is 64.1 Å². The van der Waals surface area contributed by atoms with E-state index in [2.05, 4.69) is 24.5 Å². The maximum atomic E-state index is 5.66. The van der Waals surface area contributed by atoms with E-state index >= 15 is 0 Å². The van der Waals surface area contributed by atoms with Crippen molar-refractivity contribution in [1.29, 1.82) is 0 Å². The molecule has 1 radical (unpaired) electrons. The smallest absolute Gasteiger partial charge is 0.192 e. The third-order valence-corrected chi connectivity index (χ3v) is 3.59. The Morgan fingerprint density at radius 3 is 3.05 bits per heavy atom. The summed E-state index contributed by atoms with van der Waals surface area (Å²) in [6, 6.07) is 5.85. The molecule has 0 amide bonds. The molecule has 4 nitrogen and oxygen atoms in total. The van der Waals surface area contributed by atoms with Crippen LogP contribution < -0.4 is 16.5 Å². The van der Waals surface area contributed by atoms with Crippen LogP contribution in [-0.2, 0) is 6.54 Å². The normalized spacial score (nSPS) is 13.3. The number of rotatable bonds is 5. The fourth-order valence-corrected chi connectivity index (χ4v) is 2.52. The number of nitrogens with one attached hydrogen (secondary N) is 1. The van der Waals surface area contributed by atoms with Gasteiger partial charge in [-0.1, -0.05) is 5.47 Å². The summed E-state index contributed by atoms with van der Waals surface area (Å²) in [6.07, 6.45) is 4.41. The molecular weight excluding hydrogens is 249 g/mol. The van der Waals surface area contributed by atoms with Crippen LogP contribution in [0.5, 0.6) is 0 Å². The van der Waals surface area contributed by atoms with Crippen molar-refractivity contribution in [2.24, 2.45) is 5.73 Å². The number of nitrogens with zero attached hydrogens (tertiary/aromatic N) is 1. The van der Waals surface area contributed by atoms with Gasteiger partial charge in [0.05, 0.1) is 18.5 Å². The number of aromatic nitrogens is 1. The quantitative estimate of drug-likeness (QED) is 0.808. The number of allylic oxidation sites excluding steroid dienone is 1. The Bertz CT molecular complexity index is 635. The number of furan rings is 1. The molecule has 0 bridgehead atoms. The van der Waals surface area contributed by atoms with Gasteiger partial charge in [-0.25, -0.2) is 0 Å². The van der Waals surface area contributed by atoms with Gasteiger partial charge >= 0.3 is 0 Å². The Kier molecular flexibility index (Phi) is 3.61. The highest BCUT2D eigenvalue weighted by atomic mass is 16.3. The second kappa shape index (κ2) is 5.55. The van der Waals surface area contributed by atoms with Gasteiger partial charge in [-0.2, -0.15) is 0 Å². The van der Waals surface area contributed by atoms with Crippen LogP contribution in [0.2, 0.25) is 0 Å². The zero-order chi connectivity index (χ0) is 13.9. The fraction of sp³-hybridized carbons (Fsp3) is 0.267. The zero-order valence-electron chi connectivity index (χ0n) is 11.5. The molecule has 20 heavy (non-hydrogen) atoms. The average molecular weight is 266 g/mol. The lowest BCUT2D eigenvalue weighted by molar-refractivity contribution is 0.518. The van der Waals surface area contributed by atoms with Gasteiger partial charge in [0, 0.05) is 11.9 Å². The van der Waals surface area contributed by atoms with E-state index in [0.717, 1.165) is 29.0 Å². The van der Waals surface area contributed by atoms with Crippen molar-refractivity contribution in [2.45, 2.75) is 19.9 Å². The van der Waals surface area contributed by atoms with Crippen molar-refractivity contribution in [3.63, 3.8) is 0 Å². The maximum absolute atomic E-state index is 5.66. The molecule has 3 heterocycles. The molecule has 0 atom stereocenters. The number of fused-ring (bicyclic) bond motifs is 1. The Morgan fingerprint density at radius 2 is 2.30 bits per heavy atom. The average Bonchev–Trinajstić information content (AvgIpc) is 3.07. The van der Waals surface area contributed by atoms with Gasteiger partial charge < -0.3 is 15.5 Å². The third-order valence-electron chi connectivity index (χ3n) is 3.59. The lowest BCUT2D eigenvalue weighted by Gasteiger charge is -2.10. The monoisotopic (exact) mass is 266 g/mol. The zero-order valence-corrected chi connectivity index (χ0v) is 11.5. The van der Waals surface area contributed by atoms with Gasteiger partial charge in [0.2, 0.25) is 0 Å². The summed E-state index contributed by atoms with van der Waals surface area (Å²) in [7, 11) is 2.19. The fourth-order valence-electron chi connectivity index (χ4n) is 2.52. The summed E-state index contributed by atoms with van der Waals surface area (Å²) in [5.41, 5.74) is 11.5. The summed E-state index contributed by atoms with van der Waals surface area (Å²) >= 11 is 0. The standard InChI is InChI=1S/C15H17BN3O/c1-10-12(4-6-17)16-14-13(5-7-18-15(10)14)19-9-11-3-2-8-20-11/h2-3,5,7-8H,4,6,9,17H2,1H3,(H,18,19). The lowest BCUT2D eigenvalue weighted by Crippen LogP contribution is -2.21. The number of anilines is 1. The van der Waals surface area contributed by atoms with Gasteiger partial charge in [-0.3, -0.25) is 4.98 Å². The minimum atomic E-state index is 0.659. The number of nitrogens with two attached hydrogens (primary N) is 1. The van der Waals surface area contributed by atoms with Crippen LogP contribution in [0.1, 0.15) is 24.8 Å². The van der Waals surface area contributed by atoms with Gasteiger partial charge in [-0.15, -0.1) is 0 Å². The molecule has 3 N–H and O–H groups in total. The molecule has 101 valence electrons. The molecular formula is C15H17BN3O. The van der Waals surface area contributed by atoms with Crippen molar-refractivity contribution < 1.29 is 4.42 Å². The molecule has 2 aromatic rings. The van der Waals surface area contributed by atoms with Crippen molar-refractivity contribution in [3.8, 4) is 0 Å². The van der Waals surface area contributed by atoms with Crippen molar-refractivity contribution in [1.82, 2.24) is 4.98 Å². The van der Waals surface area contributed by atoms with Crippen LogP contribution in [0, 0.1) is 0 Å². The molecule has 3 rings (SSSR count). The van der Waals surface area contributed by atoms with Crippen LogP contribution in [0.25, 0.3) is 5.57 Å². The van der Waals surface area contributed by atoms with E-state index in [1.807, 2.05) is 24.4 Å². The third kappa shape index (κ3) is 2.37. The predicted molar refractivity (Wildman–Crippen MR) is 81.9 cm³/mol. The molecule has 1 aliphatic heterocycles. The second-order valence-electron chi connectivity index (χ2n) is 4.89. The van der Waals surface area contributed by atoms with Crippen LogP contribution in [-0.4, -0.2) is 18.8 Å². The van der Waals surface area contributed by atoms with E-state index in [1.165, 1.54) is 11.0 Å². The summed E-state index contributed by atoms with van der Waals surface area (Å²) in [5, 5.41) is 3.41. The Morgan fingerprint density at radius 1 is 1.40 bits per heavy atom. The molecule has 0 fully saturated rings. The predicted octanol–water partition coefficient (Wildman–Crippen LogP) is 1.71. The summed E-state index contributed by atoms with van der Waals surface area (Å²) < 4.78 is 5.34. The molecule has 0 aromatic carbocycles. The van der Waals surface area contributed by atoms with Gasteiger partial charge in [0.25, 0.3) is 0 Å². The summed E-state index contributed by atoms with van der Waals surface area (Å²) in [6.45, 7) is 3.44. The van der Waals surface area contributed by atoms with Crippen molar-refractivity contribution >= 4 is 24.0 Å². The molecule has 1 aliphatic rings. The van der Waals surface area contributed by atoms with E-state index in [0.29, 0.717) is 13.1 Å². The minimum Gasteiger partial charge on any atom is -0.467 e. The van der Waals surface area contributed by atoms with Crippen LogP contribution >= 0.6 is 0 Å². The highest BCUT2D eigenvalue weighted by Gasteiger charge is 2.22. The highest BCUT2D eigenvalue weighted by molar-refractivity contribution is 6.67. The second-order valence-corrected chi connectivity index (χ2v) is 4.89. The first-order valence-electron chi connectivity index (χ1n) is 6.80. The molecule has 2 aromatic heterocycles. The van der Waals surface area contributed by atoms with E-state index in [9.17, 15) is 0 Å². The lowest BCUT2D eigenvalue weighted by atomic mass is 9.65. The summed E-state index contributed by atoms with van der Waals surface area (Å²) in [5.74, 6) is 0.917. The molecule has 0 unspecified atom stereocenters. The van der Waals surface area contributed by atoms with Crippen LogP contribution in [0.4, 0.5) is 5.69 Å². The van der Waals surface area contributed by atoms with Crippen molar-refractivity contribution in [3.05, 3.63) is 47.6 Å². The van der Waals surface area contributed by atoms with E-state index in [4.69, 9.17) is 10.2 Å². The maximum Gasteiger partial charge on any atom is 0.192 e. The Labute approximate surface area is 119 Å². The van der Waals surface area contributed by atoms with Gasteiger partial charge in [0.15, 0.2) is 7.28 Å². The van der Waals surface area contributed by atoms with Crippen LogP contribution in [0.3, 0.4) is 0 Å². The van der Waals surface area contributed by atoms with Crippen LogP contribution in [0.15, 0.2) is 40.5 Å². The first-order chi connectivity index (χ1) is 9.79. The molecule has 0 aliphatic carbocycles. The SMILES string of the molecule is CC1=C(CCN)[B]c2c(NCc3ccco3)ccnc21. The Balaban J connectivity index is 1.80. The van der Waals surface area contributed by atoms with Crippen molar-refractivity contribution in [2.75, 3.05) is 11.9 Å². The number of pyridine rings is 1. The highest BCUT2D eigenvalue weighted by Crippen LogP contribution is 2.25. The molecule has 0 spiro atoms. The first kappa shape index (κ1) is 13.0. The minimum absolute atomic E-state index is 0.659. The summed E-state index contributed by atoms with van der Waals surface area (Å²) in [4.78, 5) is 4.49. The first-order valence-corrected chi connectivity index (χ1v) is 6.80. The van der Waals surface area contributed by atoms with Gasteiger partial charge in [0.1, 0.15) is 5.76 Å². The Hall–Kier alpha value is -2.01.